The van der Waals surface area contributed by atoms with Gasteiger partial charge in [-0.3, -0.25) is 10.1 Å². The van der Waals surface area contributed by atoms with Crippen molar-refractivity contribution < 1.29 is 10.0 Å². The summed E-state index contributed by atoms with van der Waals surface area (Å²) in [5, 5.41) is 19.2. The Balaban J connectivity index is 3.06. The van der Waals surface area contributed by atoms with Crippen LogP contribution in [-0.4, -0.2) is 16.6 Å². The maximum Gasteiger partial charge on any atom is 0.287 e. The van der Waals surface area contributed by atoms with Crippen LogP contribution in [0.1, 0.15) is 11.6 Å². The fraction of sp³-hybridized carbons (Fsp3) is 0.250. The molecule has 0 amide bonds. The number of hydrogen-bond donors (Lipinski definition) is 2. The fourth-order valence-corrected chi connectivity index (χ4v) is 1.27. The molecule has 0 radical (unpaired) electrons. The molecule has 0 fully saturated rings. The van der Waals surface area contributed by atoms with Crippen molar-refractivity contribution in [2.75, 3.05) is 6.61 Å². The van der Waals surface area contributed by atoms with E-state index in [9.17, 15) is 10.1 Å². The Labute approximate surface area is 85.3 Å². The molecule has 0 unspecified atom stereocenters. The summed E-state index contributed by atoms with van der Waals surface area (Å²) in [6, 6.07) is 3.58. The van der Waals surface area contributed by atoms with Gasteiger partial charge in [0.2, 0.25) is 0 Å². The third-order valence-electron chi connectivity index (χ3n) is 1.79. The van der Waals surface area contributed by atoms with Gasteiger partial charge in [0.05, 0.1) is 17.6 Å². The van der Waals surface area contributed by atoms with E-state index in [4.69, 9.17) is 22.4 Å². The number of aliphatic hydroxyl groups is 1. The van der Waals surface area contributed by atoms with Gasteiger partial charge in [0.1, 0.15) is 5.02 Å². The largest absolute Gasteiger partial charge is 0.394 e. The quantitative estimate of drug-likeness (QED) is 0.588. The minimum absolute atomic E-state index is 0.0244. The summed E-state index contributed by atoms with van der Waals surface area (Å²) in [5.74, 6) is 0. The van der Waals surface area contributed by atoms with Gasteiger partial charge in [-0.1, -0.05) is 17.7 Å². The first kappa shape index (κ1) is 10.9. The number of nitro groups is 1. The Kier molecular flexibility index (Phi) is 3.40. The highest BCUT2D eigenvalue weighted by atomic mass is 35.5. The molecule has 76 valence electrons. The number of halogens is 1. The third kappa shape index (κ3) is 2.20. The summed E-state index contributed by atoms with van der Waals surface area (Å²) in [6.45, 7) is -0.228. The molecule has 0 aromatic heterocycles. The third-order valence-corrected chi connectivity index (χ3v) is 2.10. The Hall–Kier alpha value is -1.17. The van der Waals surface area contributed by atoms with Crippen LogP contribution in [0.15, 0.2) is 18.2 Å². The Morgan fingerprint density at radius 1 is 1.64 bits per heavy atom. The van der Waals surface area contributed by atoms with E-state index >= 15 is 0 Å². The molecule has 3 N–H and O–H groups in total. The number of aliphatic hydroxyl groups excluding tert-OH is 1. The van der Waals surface area contributed by atoms with Crippen molar-refractivity contribution in [1.29, 1.82) is 0 Å². The molecule has 1 rings (SSSR count). The van der Waals surface area contributed by atoms with E-state index in [1.165, 1.54) is 18.2 Å². The molecule has 0 aliphatic carbocycles. The summed E-state index contributed by atoms with van der Waals surface area (Å²) in [5.41, 5.74) is 5.92. The summed E-state index contributed by atoms with van der Waals surface area (Å²) in [7, 11) is 0. The van der Waals surface area contributed by atoms with Gasteiger partial charge in [-0.15, -0.1) is 0 Å². The smallest absolute Gasteiger partial charge is 0.287 e. The van der Waals surface area contributed by atoms with Gasteiger partial charge in [0.15, 0.2) is 0 Å². The molecule has 0 heterocycles. The number of benzene rings is 1. The average molecular weight is 217 g/mol. The van der Waals surface area contributed by atoms with E-state index < -0.39 is 11.0 Å². The van der Waals surface area contributed by atoms with Crippen LogP contribution < -0.4 is 5.73 Å². The number of nitrogens with zero attached hydrogens (tertiary/aromatic N) is 1. The van der Waals surface area contributed by atoms with E-state index in [0.717, 1.165) is 0 Å². The maximum absolute atomic E-state index is 10.4. The molecular formula is C8H9ClN2O3. The predicted octanol–water partition coefficient (Wildman–Crippen LogP) is 1.24. The molecule has 6 heteroatoms. The average Bonchev–Trinajstić information content (AvgIpc) is 2.15. The first-order valence-electron chi connectivity index (χ1n) is 3.86. The standard InChI is InChI=1S/C8H9ClN2O3/c9-6-3-5(7(10)4-12)1-2-8(6)11(13)14/h1-3,7,12H,4,10H2/t7-/m1/s1. The van der Waals surface area contributed by atoms with Gasteiger partial charge in [0, 0.05) is 6.07 Å². The molecule has 14 heavy (non-hydrogen) atoms. The summed E-state index contributed by atoms with van der Waals surface area (Å²) >= 11 is 5.65. The molecule has 5 nitrogen and oxygen atoms in total. The molecule has 1 aromatic carbocycles. The van der Waals surface area contributed by atoms with E-state index in [1.54, 1.807) is 0 Å². The van der Waals surface area contributed by atoms with Gasteiger partial charge >= 0.3 is 0 Å². The molecule has 0 saturated carbocycles. The van der Waals surface area contributed by atoms with Crippen molar-refractivity contribution in [1.82, 2.24) is 0 Å². The summed E-state index contributed by atoms with van der Waals surface area (Å²) < 4.78 is 0. The molecule has 0 saturated heterocycles. The van der Waals surface area contributed by atoms with Crippen LogP contribution in [0.5, 0.6) is 0 Å². The number of rotatable bonds is 3. The van der Waals surface area contributed by atoms with Crippen molar-refractivity contribution in [3.63, 3.8) is 0 Å². The van der Waals surface area contributed by atoms with Gasteiger partial charge in [-0.25, -0.2) is 0 Å². The molecule has 1 atom stereocenters. The highest BCUT2D eigenvalue weighted by Gasteiger charge is 2.14. The van der Waals surface area contributed by atoms with Gasteiger partial charge < -0.3 is 10.8 Å². The highest BCUT2D eigenvalue weighted by Crippen LogP contribution is 2.26. The van der Waals surface area contributed by atoms with Crippen LogP contribution in [0.2, 0.25) is 5.02 Å². The minimum Gasteiger partial charge on any atom is -0.394 e. The molecular weight excluding hydrogens is 208 g/mol. The second kappa shape index (κ2) is 4.36. The Morgan fingerprint density at radius 3 is 2.71 bits per heavy atom. The first-order chi connectivity index (χ1) is 6.56. The molecule has 0 aliphatic rings. The lowest BCUT2D eigenvalue weighted by Gasteiger charge is -2.08. The van der Waals surface area contributed by atoms with Crippen LogP contribution >= 0.6 is 11.6 Å². The second-order valence-corrected chi connectivity index (χ2v) is 3.16. The lowest BCUT2D eigenvalue weighted by Crippen LogP contribution is -2.14. The van der Waals surface area contributed by atoms with Crippen LogP contribution in [0.25, 0.3) is 0 Å². The van der Waals surface area contributed by atoms with Crippen molar-refractivity contribution in [2.24, 2.45) is 5.73 Å². The van der Waals surface area contributed by atoms with Gasteiger partial charge in [-0.05, 0) is 11.6 Å². The van der Waals surface area contributed by atoms with Crippen molar-refractivity contribution in [2.45, 2.75) is 6.04 Å². The number of nitrogens with two attached hydrogens (primary N) is 1. The van der Waals surface area contributed by atoms with Gasteiger partial charge in [0.25, 0.3) is 5.69 Å². The number of nitro benzene ring substituents is 1. The number of hydrogen-bond acceptors (Lipinski definition) is 4. The van der Waals surface area contributed by atoms with Crippen molar-refractivity contribution >= 4 is 17.3 Å². The monoisotopic (exact) mass is 216 g/mol. The van der Waals surface area contributed by atoms with Crippen LogP contribution in [0.3, 0.4) is 0 Å². The second-order valence-electron chi connectivity index (χ2n) is 2.76. The van der Waals surface area contributed by atoms with E-state index in [0.29, 0.717) is 5.56 Å². The maximum atomic E-state index is 10.4. The normalized spacial score (nSPS) is 12.5. The zero-order valence-electron chi connectivity index (χ0n) is 7.18. The Morgan fingerprint density at radius 2 is 2.29 bits per heavy atom. The SMILES string of the molecule is N[C@H](CO)c1ccc([N+](=O)[O-])c(Cl)c1. The lowest BCUT2D eigenvalue weighted by molar-refractivity contribution is -0.384. The van der Waals surface area contributed by atoms with Crippen LogP contribution in [-0.2, 0) is 0 Å². The van der Waals surface area contributed by atoms with Crippen LogP contribution in [0.4, 0.5) is 5.69 Å². The molecule has 0 bridgehead atoms. The zero-order chi connectivity index (χ0) is 10.7. The van der Waals surface area contributed by atoms with Crippen molar-refractivity contribution in [3.05, 3.63) is 38.9 Å². The first-order valence-corrected chi connectivity index (χ1v) is 4.24. The van der Waals surface area contributed by atoms with E-state index in [-0.39, 0.29) is 17.3 Å². The predicted molar refractivity (Wildman–Crippen MR) is 52.1 cm³/mol. The molecule has 1 aromatic rings. The topological polar surface area (TPSA) is 89.4 Å². The highest BCUT2D eigenvalue weighted by molar-refractivity contribution is 6.32. The molecule has 0 spiro atoms. The zero-order valence-corrected chi connectivity index (χ0v) is 7.94. The van der Waals surface area contributed by atoms with E-state index in [1.807, 2.05) is 0 Å². The molecule has 0 aliphatic heterocycles. The van der Waals surface area contributed by atoms with Crippen LogP contribution in [0, 0.1) is 10.1 Å². The lowest BCUT2D eigenvalue weighted by atomic mass is 10.1. The Bertz CT molecular complexity index is 356. The van der Waals surface area contributed by atoms with Crippen molar-refractivity contribution in [3.8, 4) is 0 Å². The van der Waals surface area contributed by atoms with E-state index in [2.05, 4.69) is 0 Å². The fourth-order valence-electron chi connectivity index (χ4n) is 1.01. The minimum atomic E-state index is -0.573. The summed E-state index contributed by atoms with van der Waals surface area (Å²) in [4.78, 5) is 9.84. The summed E-state index contributed by atoms with van der Waals surface area (Å²) in [6.07, 6.45) is 0. The van der Waals surface area contributed by atoms with Gasteiger partial charge in [-0.2, -0.15) is 0 Å².